The Morgan fingerprint density at radius 1 is 1.50 bits per heavy atom. The third-order valence-corrected chi connectivity index (χ3v) is 2.40. The second kappa shape index (κ2) is 6.32. The van der Waals surface area contributed by atoms with Crippen molar-refractivity contribution in [2.75, 3.05) is 0 Å². The quantitative estimate of drug-likeness (QED) is 0.531. The van der Waals surface area contributed by atoms with Crippen LogP contribution in [-0.4, -0.2) is 12.1 Å². The first-order valence-electron chi connectivity index (χ1n) is 5.53. The number of carbonyl (C=O) groups is 1. The average molecular weight is 223 g/mol. The lowest BCUT2D eigenvalue weighted by Crippen LogP contribution is -2.28. The van der Waals surface area contributed by atoms with Crippen molar-refractivity contribution < 1.29 is 9.53 Å². The molecular weight excluding hydrogens is 202 g/mol. The second-order valence-corrected chi connectivity index (χ2v) is 5.05. The average Bonchev–Trinajstić information content (AvgIpc) is 2.12. The van der Waals surface area contributed by atoms with E-state index in [4.69, 9.17) is 10.00 Å². The largest absolute Gasteiger partial charge is 0.462 e. The molecule has 0 aliphatic rings. The molecule has 0 saturated heterocycles. The minimum Gasteiger partial charge on any atom is -0.462 e. The summed E-state index contributed by atoms with van der Waals surface area (Å²) in [6.45, 7) is 9.53. The van der Waals surface area contributed by atoms with Gasteiger partial charge in [0.05, 0.1) is 6.07 Å². The van der Waals surface area contributed by atoms with E-state index in [2.05, 4.69) is 0 Å². The van der Waals surface area contributed by atoms with Crippen LogP contribution in [0.25, 0.3) is 0 Å². The van der Waals surface area contributed by atoms with Crippen LogP contribution in [-0.2, 0) is 9.53 Å². The Balaban J connectivity index is 4.56. The number of ether oxygens (including phenoxy) is 1. The predicted molar refractivity (Wildman–Crippen MR) is 63.5 cm³/mol. The molecule has 0 N–H and O–H groups in total. The van der Waals surface area contributed by atoms with E-state index in [0.29, 0.717) is 0 Å². The predicted octanol–water partition coefficient (Wildman–Crippen LogP) is 3.07. The fourth-order valence-corrected chi connectivity index (χ4v) is 1.48. The van der Waals surface area contributed by atoms with E-state index in [0.717, 1.165) is 6.42 Å². The Kier molecular flexibility index (Phi) is 5.81. The van der Waals surface area contributed by atoms with Crippen LogP contribution in [0.4, 0.5) is 0 Å². The van der Waals surface area contributed by atoms with Gasteiger partial charge in [-0.15, -0.1) is 0 Å². The third kappa shape index (κ3) is 6.23. The van der Waals surface area contributed by atoms with Gasteiger partial charge in [-0.3, -0.25) is 4.79 Å². The van der Waals surface area contributed by atoms with Crippen LogP contribution in [0.15, 0.2) is 12.2 Å². The van der Waals surface area contributed by atoms with Gasteiger partial charge < -0.3 is 4.74 Å². The first-order chi connectivity index (χ1) is 7.28. The molecule has 16 heavy (non-hydrogen) atoms. The van der Waals surface area contributed by atoms with Gasteiger partial charge in [0.25, 0.3) is 0 Å². The molecule has 0 saturated carbocycles. The zero-order chi connectivity index (χ0) is 12.8. The topological polar surface area (TPSA) is 50.1 Å². The molecule has 0 bridgehead atoms. The van der Waals surface area contributed by atoms with Gasteiger partial charge in [0.15, 0.2) is 0 Å². The fourth-order valence-electron chi connectivity index (χ4n) is 1.48. The summed E-state index contributed by atoms with van der Waals surface area (Å²) in [6, 6.07) is 1.98. The number of nitrogens with zero attached hydrogens (tertiary/aromatic N) is 1. The zero-order valence-electron chi connectivity index (χ0n) is 10.8. The molecule has 0 amide bonds. The van der Waals surface area contributed by atoms with Crippen LogP contribution in [0.1, 0.15) is 41.0 Å². The Hall–Kier alpha value is -1.30. The number of rotatable bonds is 5. The Morgan fingerprint density at radius 2 is 2.06 bits per heavy atom. The van der Waals surface area contributed by atoms with Crippen molar-refractivity contribution >= 4 is 5.97 Å². The smallest absolute Gasteiger partial charge is 0.302 e. The normalized spacial score (nSPS) is 13.8. The van der Waals surface area contributed by atoms with Gasteiger partial charge in [-0.25, -0.2) is 0 Å². The number of hydrogen-bond donors (Lipinski definition) is 0. The van der Waals surface area contributed by atoms with Crippen LogP contribution in [0, 0.1) is 22.7 Å². The Labute approximate surface area is 98.1 Å². The molecule has 3 nitrogen and oxygen atoms in total. The number of carbonyl (C=O) groups excluding carboxylic acids is 1. The molecule has 0 aromatic carbocycles. The van der Waals surface area contributed by atoms with Gasteiger partial charge in [-0.2, -0.15) is 5.26 Å². The van der Waals surface area contributed by atoms with Crippen molar-refractivity contribution in [1.82, 2.24) is 0 Å². The van der Waals surface area contributed by atoms with Crippen molar-refractivity contribution in [3.05, 3.63) is 12.2 Å². The summed E-state index contributed by atoms with van der Waals surface area (Å²) >= 11 is 0. The lowest BCUT2D eigenvalue weighted by molar-refractivity contribution is -0.149. The zero-order valence-corrected chi connectivity index (χ0v) is 10.8. The lowest BCUT2D eigenvalue weighted by atomic mass is 9.83. The highest BCUT2D eigenvalue weighted by molar-refractivity contribution is 5.66. The summed E-state index contributed by atoms with van der Waals surface area (Å²) in [5.74, 6) is 0.0254. The molecule has 0 aromatic heterocycles. The van der Waals surface area contributed by atoms with Crippen LogP contribution in [0.2, 0.25) is 0 Å². The van der Waals surface area contributed by atoms with Crippen LogP contribution in [0.5, 0.6) is 0 Å². The molecule has 0 spiro atoms. The summed E-state index contributed by atoms with van der Waals surface area (Å²) in [7, 11) is 0. The molecule has 90 valence electrons. The first-order valence-corrected chi connectivity index (χ1v) is 5.53. The van der Waals surface area contributed by atoms with Gasteiger partial charge in [0.1, 0.15) is 6.10 Å². The molecular formula is C13H21NO2. The maximum absolute atomic E-state index is 11.0. The first kappa shape index (κ1) is 14.7. The fraction of sp³-hybridized carbons (Fsp3) is 0.692. The molecule has 1 atom stereocenters. The SMILES string of the molecule is CC(=O)OC(CC(C)(C)/C=C\C#N)C(C)C. The molecule has 0 heterocycles. The van der Waals surface area contributed by atoms with Gasteiger partial charge in [0, 0.05) is 13.0 Å². The number of nitriles is 1. The third-order valence-electron chi connectivity index (χ3n) is 2.40. The van der Waals surface area contributed by atoms with E-state index in [1.807, 2.05) is 39.8 Å². The van der Waals surface area contributed by atoms with Gasteiger partial charge in [-0.05, 0) is 17.8 Å². The summed E-state index contributed by atoms with van der Waals surface area (Å²) in [4.78, 5) is 11.0. The molecule has 0 fully saturated rings. The summed E-state index contributed by atoms with van der Waals surface area (Å²) in [5, 5.41) is 8.50. The number of allylic oxidation sites excluding steroid dienone is 2. The highest BCUT2D eigenvalue weighted by atomic mass is 16.5. The maximum Gasteiger partial charge on any atom is 0.302 e. The van der Waals surface area contributed by atoms with Gasteiger partial charge >= 0.3 is 5.97 Å². The summed E-state index contributed by atoms with van der Waals surface area (Å²) < 4.78 is 5.27. The molecule has 0 radical (unpaired) electrons. The van der Waals surface area contributed by atoms with E-state index >= 15 is 0 Å². The van der Waals surface area contributed by atoms with Gasteiger partial charge in [0.2, 0.25) is 0 Å². The maximum atomic E-state index is 11.0. The minimum atomic E-state index is -0.251. The summed E-state index contributed by atoms with van der Waals surface area (Å²) in [6.07, 6.45) is 3.95. The minimum absolute atomic E-state index is 0.101. The van der Waals surface area contributed by atoms with Crippen LogP contribution >= 0.6 is 0 Å². The van der Waals surface area contributed by atoms with E-state index in [1.54, 1.807) is 0 Å². The molecule has 0 aliphatic heterocycles. The molecule has 1 unspecified atom stereocenters. The summed E-state index contributed by atoms with van der Waals surface area (Å²) in [5.41, 5.74) is -0.139. The highest BCUT2D eigenvalue weighted by Gasteiger charge is 2.25. The molecule has 0 rings (SSSR count). The van der Waals surface area contributed by atoms with E-state index < -0.39 is 0 Å². The number of esters is 1. The van der Waals surface area contributed by atoms with Crippen molar-refractivity contribution in [2.45, 2.75) is 47.1 Å². The highest BCUT2D eigenvalue weighted by Crippen LogP contribution is 2.28. The van der Waals surface area contributed by atoms with Gasteiger partial charge in [-0.1, -0.05) is 33.8 Å². The monoisotopic (exact) mass is 223 g/mol. The van der Waals surface area contributed by atoms with E-state index in [-0.39, 0.29) is 23.4 Å². The van der Waals surface area contributed by atoms with Crippen LogP contribution in [0.3, 0.4) is 0 Å². The van der Waals surface area contributed by atoms with Crippen LogP contribution < -0.4 is 0 Å². The Morgan fingerprint density at radius 3 is 2.44 bits per heavy atom. The van der Waals surface area contributed by atoms with Crippen molar-refractivity contribution in [1.29, 1.82) is 5.26 Å². The number of hydrogen-bond acceptors (Lipinski definition) is 3. The molecule has 3 heteroatoms. The molecule has 0 aromatic rings. The molecule has 0 aliphatic carbocycles. The second-order valence-electron chi connectivity index (χ2n) is 5.05. The van der Waals surface area contributed by atoms with E-state index in [1.165, 1.54) is 13.0 Å². The Bertz CT molecular complexity index is 298. The van der Waals surface area contributed by atoms with E-state index in [9.17, 15) is 4.79 Å². The lowest BCUT2D eigenvalue weighted by Gasteiger charge is -2.28. The standard InChI is InChI=1S/C13H21NO2/c1-10(2)12(16-11(3)15)9-13(4,5)7-6-8-14/h6-7,10,12H,9H2,1-5H3/b7-6-. The van der Waals surface area contributed by atoms with Crippen molar-refractivity contribution in [3.63, 3.8) is 0 Å². The van der Waals surface area contributed by atoms with Crippen molar-refractivity contribution in [3.8, 4) is 6.07 Å². The van der Waals surface area contributed by atoms with Crippen molar-refractivity contribution in [2.24, 2.45) is 11.3 Å².